The second kappa shape index (κ2) is 5.34. The molecule has 0 aliphatic rings. The molecule has 0 amide bonds. The lowest BCUT2D eigenvalue weighted by molar-refractivity contribution is 0.320. The lowest BCUT2D eigenvalue weighted by atomic mass is 10.2. The second-order valence-electron chi connectivity index (χ2n) is 3.98. The van der Waals surface area contributed by atoms with Crippen molar-refractivity contribution in [3.05, 3.63) is 53.9 Å². The van der Waals surface area contributed by atoms with Gasteiger partial charge in [0, 0.05) is 30.6 Å². The van der Waals surface area contributed by atoms with Gasteiger partial charge in [0.15, 0.2) is 0 Å². The summed E-state index contributed by atoms with van der Waals surface area (Å²) < 4.78 is 5.72. The van der Waals surface area contributed by atoms with Crippen LogP contribution in [0.5, 0.6) is 5.75 Å². The SMILES string of the molecule is Cc1ccc(N)cc1OCCc1ccncc1. The lowest BCUT2D eigenvalue weighted by Crippen LogP contribution is -2.03. The third-order valence-corrected chi connectivity index (χ3v) is 2.61. The van der Waals surface area contributed by atoms with Crippen molar-refractivity contribution in [2.24, 2.45) is 0 Å². The van der Waals surface area contributed by atoms with Gasteiger partial charge in [0.05, 0.1) is 6.61 Å². The molecule has 3 heteroatoms. The molecule has 2 aromatic rings. The van der Waals surface area contributed by atoms with E-state index in [-0.39, 0.29) is 0 Å². The summed E-state index contributed by atoms with van der Waals surface area (Å²) in [5, 5.41) is 0. The molecule has 1 aromatic heterocycles. The first-order valence-electron chi connectivity index (χ1n) is 5.63. The van der Waals surface area contributed by atoms with Crippen molar-refractivity contribution in [3.63, 3.8) is 0 Å². The van der Waals surface area contributed by atoms with Gasteiger partial charge < -0.3 is 10.5 Å². The van der Waals surface area contributed by atoms with Crippen molar-refractivity contribution < 1.29 is 4.74 Å². The fraction of sp³-hybridized carbons (Fsp3) is 0.214. The average molecular weight is 228 g/mol. The molecule has 0 atom stereocenters. The second-order valence-corrected chi connectivity index (χ2v) is 3.98. The van der Waals surface area contributed by atoms with Crippen LogP contribution in [0.4, 0.5) is 5.69 Å². The molecule has 2 rings (SSSR count). The highest BCUT2D eigenvalue weighted by molar-refractivity contribution is 5.47. The van der Waals surface area contributed by atoms with Crippen LogP contribution >= 0.6 is 0 Å². The number of benzene rings is 1. The van der Waals surface area contributed by atoms with Crippen molar-refractivity contribution in [1.82, 2.24) is 4.98 Å². The summed E-state index contributed by atoms with van der Waals surface area (Å²) in [7, 11) is 0. The Kier molecular flexibility index (Phi) is 3.60. The minimum atomic E-state index is 0.647. The molecule has 0 spiro atoms. The van der Waals surface area contributed by atoms with E-state index in [0.717, 1.165) is 23.4 Å². The number of hydrogen-bond donors (Lipinski definition) is 1. The molecule has 0 saturated heterocycles. The standard InChI is InChI=1S/C14H16N2O/c1-11-2-3-13(15)10-14(11)17-9-6-12-4-7-16-8-5-12/h2-5,7-8,10H,6,9,15H2,1H3. The zero-order valence-electron chi connectivity index (χ0n) is 9.89. The number of hydrogen-bond acceptors (Lipinski definition) is 3. The van der Waals surface area contributed by atoms with Crippen LogP contribution in [-0.4, -0.2) is 11.6 Å². The zero-order valence-corrected chi connectivity index (χ0v) is 9.89. The fourth-order valence-electron chi connectivity index (χ4n) is 1.60. The van der Waals surface area contributed by atoms with E-state index in [1.165, 1.54) is 5.56 Å². The highest BCUT2D eigenvalue weighted by Gasteiger charge is 2.00. The first kappa shape index (κ1) is 11.5. The van der Waals surface area contributed by atoms with Crippen molar-refractivity contribution in [3.8, 4) is 5.75 Å². The number of aryl methyl sites for hydroxylation is 1. The molecular formula is C14H16N2O. The smallest absolute Gasteiger partial charge is 0.124 e. The van der Waals surface area contributed by atoms with Crippen LogP contribution in [0.3, 0.4) is 0 Å². The van der Waals surface area contributed by atoms with Crippen LogP contribution in [0.2, 0.25) is 0 Å². The zero-order chi connectivity index (χ0) is 12.1. The number of nitrogens with zero attached hydrogens (tertiary/aromatic N) is 1. The highest BCUT2D eigenvalue weighted by Crippen LogP contribution is 2.20. The van der Waals surface area contributed by atoms with Crippen molar-refractivity contribution in [1.29, 1.82) is 0 Å². The number of rotatable bonds is 4. The molecule has 1 aromatic carbocycles. The Hall–Kier alpha value is -2.03. The Bertz CT molecular complexity index is 483. The summed E-state index contributed by atoms with van der Waals surface area (Å²) in [6, 6.07) is 9.70. The van der Waals surface area contributed by atoms with Crippen molar-refractivity contribution >= 4 is 5.69 Å². The summed E-state index contributed by atoms with van der Waals surface area (Å²) in [4.78, 5) is 3.98. The molecule has 2 N–H and O–H groups in total. The molecule has 0 fully saturated rings. The molecule has 0 saturated carbocycles. The summed E-state index contributed by atoms with van der Waals surface area (Å²) in [6.45, 7) is 2.66. The minimum Gasteiger partial charge on any atom is -0.493 e. The van der Waals surface area contributed by atoms with E-state index in [4.69, 9.17) is 10.5 Å². The Balaban J connectivity index is 1.92. The van der Waals surface area contributed by atoms with Gasteiger partial charge in [-0.1, -0.05) is 6.07 Å². The van der Waals surface area contributed by atoms with Crippen LogP contribution in [-0.2, 0) is 6.42 Å². The van der Waals surface area contributed by atoms with E-state index in [0.29, 0.717) is 6.61 Å². The maximum absolute atomic E-state index is 5.72. The lowest BCUT2D eigenvalue weighted by Gasteiger charge is -2.09. The van der Waals surface area contributed by atoms with E-state index in [1.807, 2.05) is 37.3 Å². The van der Waals surface area contributed by atoms with Crippen LogP contribution < -0.4 is 10.5 Å². The molecule has 0 aliphatic heterocycles. The van der Waals surface area contributed by atoms with Gasteiger partial charge in [0.1, 0.15) is 5.75 Å². The van der Waals surface area contributed by atoms with Gasteiger partial charge in [-0.15, -0.1) is 0 Å². The van der Waals surface area contributed by atoms with E-state index in [2.05, 4.69) is 4.98 Å². The number of nitrogens with two attached hydrogens (primary N) is 1. The van der Waals surface area contributed by atoms with Crippen molar-refractivity contribution in [2.75, 3.05) is 12.3 Å². The monoisotopic (exact) mass is 228 g/mol. The average Bonchev–Trinajstić information content (AvgIpc) is 2.35. The number of nitrogen functional groups attached to an aromatic ring is 1. The normalized spacial score (nSPS) is 10.2. The van der Waals surface area contributed by atoms with Gasteiger partial charge >= 0.3 is 0 Å². The Labute approximate surface area is 101 Å². The minimum absolute atomic E-state index is 0.647. The Morgan fingerprint density at radius 1 is 1.18 bits per heavy atom. The topological polar surface area (TPSA) is 48.1 Å². The third kappa shape index (κ3) is 3.21. The first-order valence-corrected chi connectivity index (χ1v) is 5.63. The third-order valence-electron chi connectivity index (χ3n) is 2.61. The molecule has 3 nitrogen and oxygen atoms in total. The summed E-state index contributed by atoms with van der Waals surface area (Å²) in [6.07, 6.45) is 4.46. The van der Waals surface area contributed by atoms with Crippen LogP contribution in [0.25, 0.3) is 0 Å². The van der Waals surface area contributed by atoms with E-state index < -0.39 is 0 Å². The van der Waals surface area contributed by atoms with Crippen molar-refractivity contribution in [2.45, 2.75) is 13.3 Å². The quantitative estimate of drug-likeness (QED) is 0.818. The maximum atomic E-state index is 5.72. The fourth-order valence-corrected chi connectivity index (χ4v) is 1.60. The maximum Gasteiger partial charge on any atom is 0.124 e. The van der Waals surface area contributed by atoms with Gasteiger partial charge in [-0.3, -0.25) is 4.98 Å². The predicted molar refractivity (Wildman–Crippen MR) is 69.0 cm³/mol. The van der Waals surface area contributed by atoms with E-state index in [9.17, 15) is 0 Å². The van der Waals surface area contributed by atoms with Crippen LogP contribution in [0.1, 0.15) is 11.1 Å². The van der Waals surface area contributed by atoms with Gasteiger partial charge in [-0.05, 0) is 36.2 Å². The molecule has 1 heterocycles. The number of pyridine rings is 1. The molecular weight excluding hydrogens is 212 g/mol. The van der Waals surface area contributed by atoms with E-state index >= 15 is 0 Å². The first-order chi connectivity index (χ1) is 8.25. The summed E-state index contributed by atoms with van der Waals surface area (Å²) >= 11 is 0. The van der Waals surface area contributed by atoms with Gasteiger partial charge in [-0.25, -0.2) is 0 Å². The highest BCUT2D eigenvalue weighted by atomic mass is 16.5. The number of aromatic nitrogens is 1. The van der Waals surface area contributed by atoms with E-state index in [1.54, 1.807) is 12.4 Å². The molecule has 17 heavy (non-hydrogen) atoms. The predicted octanol–water partition coefficient (Wildman–Crippen LogP) is 2.59. The Morgan fingerprint density at radius 2 is 1.94 bits per heavy atom. The summed E-state index contributed by atoms with van der Waals surface area (Å²) in [5.41, 5.74) is 8.78. The largest absolute Gasteiger partial charge is 0.493 e. The number of ether oxygens (including phenoxy) is 1. The molecule has 0 bridgehead atoms. The van der Waals surface area contributed by atoms with Gasteiger partial charge in [0.25, 0.3) is 0 Å². The van der Waals surface area contributed by atoms with Gasteiger partial charge in [0.2, 0.25) is 0 Å². The Morgan fingerprint density at radius 3 is 2.71 bits per heavy atom. The molecule has 88 valence electrons. The molecule has 0 aliphatic carbocycles. The summed E-state index contributed by atoms with van der Waals surface area (Å²) in [5.74, 6) is 0.860. The van der Waals surface area contributed by atoms with Crippen LogP contribution in [0.15, 0.2) is 42.7 Å². The number of anilines is 1. The van der Waals surface area contributed by atoms with Crippen LogP contribution in [0, 0.1) is 6.92 Å². The molecule has 0 radical (unpaired) electrons. The molecule has 0 unspecified atom stereocenters. The van der Waals surface area contributed by atoms with Gasteiger partial charge in [-0.2, -0.15) is 0 Å².